The molecule has 1 N–H and O–H groups in total. The van der Waals surface area contributed by atoms with Gasteiger partial charge in [-0.1, -0.05) is 0 Å². The zero-order valence-electron chi connectivity index (χ0n) is 15.2. The van der Waals surface area contributed by atoms with E-state index in [4.69, 9.17) is 4.74 Å². The number of aromatic nitrogens is 1. The minimum Gasteiger partial charge on any atom is -0.497 e. The summed E-state index contributed by atoms with van der Waals surface area (Å²) in [4.78, 5) is 27.6. The molecule has 0 spiro atoms. The van der Waals surface area contributed by atoms with Gasteiger partial charge in [-0.05, 0) is 55.0 Å². The van der Waals surface area contributed by atoms with Gasteiger partial charge in [-0.25, -0.2) is 8.72 Å². The molecule has 0 bridgehead atoms. The molecule has 27 heavy (non-hydrogen) atoms. The van der Waals surface area contributed by atoms with Gasteiger partial charge in [-0.2, -0.15) is 0 Å². The van der Waals surface area contributed by atoms with Gasteiger partial charge in [0.15, 0.2) is 0 Å². The van der Waals surface area contributed by atoms with Crippen molar-refractivity contribution in [2.45, 2.75) is 13.3 Å². The molecule has 0 fully saturated rings. The summed E-state index contributed by atoms with van der Waals surface area (Å²) < 4.78 is 11.4. The van der Waals surface area contributed by atoms with E-state index < -0.39 is 5.97 Å². The van der Waals surface area contributed by atoms with Gasteiger partial charge < -0.3 is 14.5 Å². The first-order valence-corrected chi connectivity index (χ1v) is 8.98. The van der Waals surface area contributed by atoms with E-state index in [-0.39, 0.29) is 12.3 Å². The molecular weight excluding hydrogens is 412 g/mol. The van der Waals surface area contributed by atoms with Gasteiger partial charge in [-0.15, -0.1) is 0 Å². The van der Waals surface area contributed by atoms with Gasteiger partial charge in [0.25, 0.3) is 0 Å². The number of carbonyl (C=O) groups is 2. The molecule has 1 aromatic heterocycles. The van der Waals surface area contributed by atoms with Gasteiger partial charge in [0, 0.05) is 16.6 Å². The molecule has 0 radical (unpaired) electrons. The van der Waals surface area contributed by atoms with Crippen LogP contribution in [0.25, 0.3) is 10.9 Å². The second-order valence-electron chi connectivity index (χ2n) is 6.03. The number of halogens is 1. The quantitative estimate of drug-likeness (QED) is 0.487. The normalized spacial score (nSPS) is 10.7. The molecular formula is C20H19BrN2O4. The number of aromatic amines is 1. The van der Waals surface area contributed by atoms with Crippen molar-refractivity contribution in [2.75, 3.05) is 18.1 Å². The number of ether oxygens (including phenoxy) is 2. The van der Waals surface area contributed by atoms with Crippen molar-refractivity contribution in [1.29, 1.82) is 0 Å². The molecule has 3 rings (SSSR count). The highest BCUT2D eigenvalue weighted by Gasteiger charge is 2.18. The van der Waals surface area contributed by atoms with Crippen LogP contribution in [0, 0.1) is 6.92 Å². The lowest BCUT2D eigenvalue weighted by molar-refractivity contribution is -0.116. The van der Waals surface area contributed by atoms with Crippen LogP contribution < -0.4 is 8.66 Å². The second-order valence-corrected chi connectivity index (χ2v) is 6.74. The third kappa shape index (κ3) is 3.83. The van der Waals surface area contributed by atoms with E-state index in [2.05, 4.69) is 25.9 Å². The molecule has 7 heteroatoms. The van der Waals surface area contributed by atoms with Crippen molar-refractivity contribution in [3.05, 3.63) is 59.3 Å². The summed E-state index contributed by atoms with van der Waals surface area (Å²) >= 11 is 3.33. The highest BCUT2D eigenvalue weighted by Crippen LogP contribution is 2.28. The summed E-state index contributed by atoms with van der Waals surface area (Å²) in [6, 6.07) is 12.3. The van der Waals surface area contributed by atoms with Crippen LogP contribution in [0.4, 0.5) is 5.69 Å². The maximum Gasteiger partial charge on any atom is 0.337 e. The number of esters is 1. The first-order valence-electron chi connectivity index (χ1n) is 8.27. The van der Waals surface area contributed by atoms with Crippen LogP contribution in [0.15, 0.2) is 42.5 Å². The summed E-state index contributed by atoms with van der Waals surface area (Å²) in [5.74, 6) is 0.189. The monoisotopic (exact) mass is 430 g/mol. The van der Waals surface area contributed by atoms with E-state index in [9.17, 15) is 9.59 Å². The number of rotatable bonds is 5. The Morgan fingerprint density at radius 3 is 2.44 bits per heavy atom. The molecule has 0 saturated carbocycles. The van der Waals surface area contributed by atoms with Crippen molar-refractivity contribution >= 4 is 44.6 Å². The Hall–Kier alpha value is -2.80. The Morgan fingerprint density at radius 2 is 1.81 bits per heavy atom. The van der Waals surface area contributed by atoms with E-state index in [0.29, 0.717) is 11.3 Å². The number of fused-ring (bicyclic) bond motifs is 1. The van der Waals surface area contributed by atoms with Gasteiger partial charge in [0.1, 0.15) is 5.75 Å². The topological polar surface area (TPSA) is 71.6 Å². The molecule has 1 heterocycles. The summed E-state index contributed by atoms with van der Waals surface area (Å²) in [5, 5.41) is 0.960. The Labute approximate surface area is 165 Å². The van der Waals surface area contributed by atoms with Crippen LogP contribution in [0.2, 0.25) is 0 Å². The number of aryl methyl sites for hydroxylation is 1. The number of methoxy groups -OCH3 is 2. The predicted octanol–water partition coefficient (Wildman–Crippen LogP) is 4.16. The van der Waals surface area contributed by atoms with E-state index >= 15 is 0 Å². The van der Waals surface area contributed by atoms with Crippen LogP contribution in [0.1, 0.15) is 21.6 Å². The lowest BCUT2D eigenvalue weighted by atomic mass is 10.1. The van der Waals surface area contributed by atoms with E-state index in [1.165, 1.54) is 11.0 Å². The first kappa shape index (κ1) is 19.0. The van der Waals surface area contributed by atoms with Crippen LogP contribution in [0.5, 0.6) is 5.75 Å². The van der Waals surface area contributed by atoms with E-state index in [1.807, 2.05) is 25.1 Å². The van der Waals surface area contributed by atoms with E-state index in [1.54, 1.807) is 31.4 Å². The number of H-pyrrole nitrogens is 1. The third-order valence-electron chi connectivity index (χ3n) is 4.39. The van der Waals surface area contributed by atoms with Crippen molar-refractivity contribution in [1.82, 2.24) is 4.98 Å². The Morgan fingerprint density at radius 1 is 1.11 bits per heavy atom. The standard InChI is InChI=1S/C20H19BrN2O4/c1-12-16(17-10-15(26-2)8-9-18(17)22-12)11-19(24)23(21)14-6-4-13(5-7-14)20(25)27-3/h4-10,22H,11H2,1-3H3. The van der Waals surface area contributed by atoms with Crippen molar-refractivity contribution in [3.8, 4) is 5.75 Å². The molecule has 0 aliphatic heterocycles. The van der Waals surface area contributed by atoms with Crippen molar-refractivity contribution in [3.63, 3.8) is 0 Å². The highest BCUT2D eigenvalue weighted by atomic mass is 79.9. The maximum atomic E-state index is 12.8. The van der Waals surface area contributed by atoms with Crippen LogP contribution >= 0.6 is 16.1 Å². The number of benzene rings is 2. The zero-order valence-corrected chi connectivity index (χ0v) is 16.8. The van der Waals surface area contributed by atoms with E-state index in [0.717, 1.165) is 27.9 Å². The Kier molecular flexibility index (Phi) is 5.51. The van der Waals surface area contributed by atoms with Gasteiger partial charge in [-0.3, -0.25) is 4.79 Å². The molecule has 0 aliphatic rings. The molecule has 0 saturated heterocycles. The number of nitrogens with one attached hydrogen (secondary N) is 1. The van der Waals surface area contributed by atoms with Crippen molar-refractivity contribution in [2.24, 2.45) is 0 Å². The number of nitrogens with zero attached hydrogens (tertiary/aromatic N) is 1. The maximum absolute atomic E-state index is 12.8. The van der Waals surface area contributed by atoms with Gasteiger partial charge in [0.2, 0.25) is 5.91 Å². The molecule has 3 aromatic rings. The highest BCUT2D eigenvalue weighted by molar-refractivity contribution is 9.10. The van der Waals surface area contributed by atoms with Crippen LogP contribution in [0.3, 0.4) is 0 Å². The molecule has 0 unspecified atom stereocenters. The number of carbonyl (C=O) groups excluding carboxylic acids is 2. The number of hydrogen-bond acceptors (Lipinski definition) is 4. The molecule has 0 atom stereocenters. The second kappa shape index (κ2) is 7.84. The average Bonchev–Trinajstić information content (AvgIpc) is 3.01. The Balaban J connectivity index is 1.83. The van der Waals surface area contributed by atoms with Gasteiger partial charge in [0.05, 0.1) is 48.0 Å². The minimum atomic E-state index is -0.419. The smallest absolute Gasteiger partial charge is 0.337 e. The zero-order chi connectivity index (χ0) is 19.6. The molecule has 2 aromatic carbocycles. The largest absolute Gasteiger partial charge is 0.497 e. The lowest BCUT2D eigenvalue weighted by Crippen LogP contribution is -2.22. The summed E-state index contributed by atoms with van der Waals surface area (Å²) in [7, 11) is 2.94. The third-order valence-corrected chi connectivity index (χ3v) is 5.19. The number of anilines is 1. The summed E-state index contributed by atoms with van der Waals surface area (Å²) in [6.45, 7) is 1.94. The van der Waals surface area contributed by atoms with Crippen LogP contribution in [-0.2, 0) is 16.0 Å². The van der Waals surface area contributed by atoms with Crippen LogP contribution in [-0.4, -0.2) is 31.1 Å². The first-order chi connectivity index (χ1) is 12.9. The molecule has 0 aliphatic carbocycles. The molecule has 6 nitrogen and oxygen atoms in total. The lowest BCUT2D eigenvalue weighted by Gasteiger charge is -2.15. The Bertz CT molecular complexity index is 995. The van der Waals surface area contributed by atoms with Crippen molar-refractivity contribution < 1.29 is 19.1 Å². The minimum absolute atomic E-state index is 0.132. The number of hydrogen-bond donors (Lipinski definition) is 1. The molecule has 1 amide bonds. The summed E-state index contributed by atoms with van der Waals surface area (Å²) in [5.41, 5.74) is 3.87. The SMILES string of the molecule is COC(=O)c1ccc(N(Br)C(=O)Cc2c(C)[nH]c3ccc(OC)cc23)cc1. The fraction of sp³-hybridized carbons (Fsp3) is 0.200. The summed E-state index contributed by atoms with van der Waals surface area (Å²) in [6.07, 6.45) is 0.211. The van der Waals surface area contributed by atoms with Gasteiger partial charge >= 0.3 is 5.97 Å². The predicted molar refractivity (Wildman–Crippen MR) is 107 cm³/mol. The fourth-order valence-electron chi connectivity index (χ4n) is 2.93. The molecule has 140 valence electrons. The average molecular weight is 431 g/mol. The fourth-order valence-corrected chi connectivity index (χ4v) is 3.29. The number of amides is 1.